The third-order valence-corrected chi connectivity index (χ3v) is 3.09. The number of rotatable bonds is 5. The maximum absolute atomic E-state index is 5.75. The highest BCUT2D eigenvalue weighted by molar-refractivity contribution is 9.10. The van der Waals surface area contributed by atoms with Crippen molar-refractivity contribution in [3.63, 3.8) is 0 Å². The fourth-order valence-corrected chi connectivity index (χ4v) is 2.01. The largest absolute Gasteiger partial charge is 0.493 e. The second-order valence-electron chi connectivity index (χ2n) is 4.36. The lowest BCUT2D eigenvalue weighted by atomic mass is 10.2. The quantitative estimate of drug-likeness (QED) is 0.852. The number of benzene rings is 1. The van der Waals surface area contributed by atoms with E-state index in [0.717, 1.165) is 27.9 Å². The number of hydrogen-bond acceptors (Lipinski definition) is 4. The average molecular weight is 337 g/mol. The van der Waals surface area contributed by atoms with Gasteiger partial charge in [-0.1, -0.05) is 22.9 Å². The van der Waals surface area contributed by atoms with Crippen LogP contribution in [-0.4, -0.2) is 22.5 Å². The topological polar surface area (TPSA) is 65.4 Å². The van der Waals surface area contributed by atoms with Gasteiger partial charge in [-0.15, -0.1) is 0 Å². The Bertz CT molecular complexity index is 622. The van der Waals surface area contributed by atoms with Crippen LogP contribution in [0.5, 0.6) is 5.75 Å². The van der Waals surface area contributed by atoms with E-state index in [9.17, 15) is 0 Å². The Morgan fingerprint density at radius 2 is 2.30 bits per heavy atom. The van der Waals surface area contributed by atoms with E-state index in [-0.39, 0.29) is 0 Å². The molecule has 20 heavy (non-hydrogen) atoms. The minimum atomic E-state index is 0.367. The molecule has 2 N–H and O–H groups in total. The minimum absolute atomic E-state index is 0.367. The normalized spacial score (nSPS) is 11.2. The van der Waals surface area contributed by atoms with Crippen LogP contribution < -0.4 is 10.5 Å². The summed E-state index contributed by atoms with van der Waals surface area (Å²) in [5.41, 5.74) is 7.47. The van der Waals surface area contributed by atoms with Crippen LogP contribution in [0.1, 0.15) is 24.6 Å². The first kappa shape index (κ1) is 14.6. The standard InChI is InChI=1S/C14H17BrN4O/c1-3-6-20-13-7-12(15)5-4-11(13)8-17-19-9-10(2)18-14(19)16/h4-5,7-9H,3,6H2,1-2H3,(H2,16,18). The van der Waals surface area contributed by atoms with E-state index in [2.05, 4.69) is 32.9 Å². The molecule has 0 saturated heterocycles. The van der Waals surface area contributed by atoms with Crippen molar-refractivity contribution in [2.45, 2.75) is 20.3 Å². The molecule has 1 heterocycles. The van der Waals surface area contributed by atoms with E-state index in [1.165, 1.54) is 0 Å². The predicted octanol–water partition coefficient (Wildman–Crippen LogP) is 3.21. The molecule has 1 aromatic heterocycles. The third-order valence-electron chi connectivity index (χ3n) is 2.59. The molecule has 1 aromatic carbocycles. The average Bonchev–Trinajstić information content (AvgIpc) is 2.73. The van der Waals surface area contributed by atoms with E-state index in [0.29, 0.717) is 12.6 Å². The van der Waals surface area contributed by atoms with Crippen LogP contribution >= 0.6 is 15.9 Å². The zero-order valence-corrected chi connectivity index (χ0v) is 13.1. The van der Waals surface area contributed by atoms with E-state index in [4.69, 9.17) is 10.5 Å². The monoisotopic (exact) mass is 336 g/mol. The molecule has 6 heteroatoms. The number of nitrogens with two attached hydrogens (primary N) is 1. The van der Waals surface area contributed by atoms with Gasteiger partial charge < -0.3 is 10.5 Å². The molecule has 0 fully saturated rings. The zero-order valence-electron chi connectivity index (χ0n) is 11.5. The summed E-state index contributed by atoms with van der Waals surface area (Å²) in [5, 5.41) is 4.30. The van der Waals surface area contributed by atoms with E-state index < -0.39 is 0 Å². The Balaban J connectivity index is 2.25. The number of hydrogen-bond donors (Lipinski definition) is 1. The maximum Gasteiger partial charge on any atom is 0.221 e. The summed E-state index contributed by atoms with van der Waals surface area (Å²) in [6.45, 7) is 4.61. The first-order valence-corrected chi connectivity index (χ1v) is 7.17. The Labute approximate surface area is 126 Å². The van der Waals surface area contributed by atoms with E-state index >= 15 is 0 Å². The first-order valence-electron chi connectivity index (χ1n) is 6.38. The summed E-state index contributed by atoms with van der Waals surface area (Å²) in [5.74, 6) is 1.16. The summed E-state index contributed by atoms with van der Waals surface area (Å²) in [6, 6.07) is 5.82. The second kappa shape index (κ2) is 6.56. The Morgan fingerprint density at radius 3 is 2.95 bits per heavy atom. The minimum Gasteiger partial charge on any atom is -0.493 e. The van der Waals surface area contributed by atoms with Gasteiger partial charge >= 0.3 is 0 Å². The number of halogens is 1. The van der Waals surface area contributed by atoms with Gasteiger partial charge in [-0.2, -0.15) is 5.10 Å². The SMILES string of the molecule is CCCOc1cc(Br)ccc1C=Nn1cc(C)nc1N. The molecule has 106 valence electrons. The summed E-state index contributed by atoms with van der Waals surface area (Å²) >= 11 is 3.44. The van der Waals surface area contributed by atoms with Crippen molar-refractivity contribution in [3.05, 3.63) is 40.1 Å². The number of ether oxygens (including phenoxy) is 1. The van der Waals surface area contributed by atoms with Crippen LogP contribution in [0.2, 0.25) is 0 Å². The fourth-order valence-electron chi connectivity index (χ4n) is 1.67. The van der Waals surface area contributed by atoms with Crippen molar-refractivity contribution in [3.8, 4) is 5.75 Å². The molecule has 0 radical (unpaired) electrons. The molecule has 0 aliphatic heterocycles. The summed E-state index contributed by atoms with van der Waals surface area (Å²) in [7, 11) is 0. The Kier molecular flexibility index (Phi) is 4.79. The maximum atomic E-state index is 5.75. The molecule has 5 nitrogen and oxygen atoms in total. The van der Waals surface area contributed by atoms with Gasteiger partial charge in [-0.3, -0.25) is 0 Å². The molecule has 0 aliphatic rings. The Hall–Kier alpha value is -1.82. The number of nitrogen functional groups attached to an aromatic ring is 1. The molecule has 2 rings (SSSR count). The van der Waals surface area contributed by atoms with Gasteiger partial charge in [-0.05, 0) is 31.5 Å². The molecule has 0 amide bonds. The lowest BCUT2D eigenvalue weighted by Crippen LogP contribution is -2.00. The van der Waals surface area contributed by atoms with Gasteiger partial charge in [0.1, 0.15) is 5.75 Å². The van der Waals surface area contributed by atoms with Crippen molar-refractivity contribution in [1.82, 2.24) is 9.66 Å². The van der Waals surface area contributed by atoms with E-state index in [1.54, 1.807) is 17.1 Å². The molecule has 0 atom stereocenters. The fraction of sp³-hybridized carbons (Fsp3) is 0.286. The smallest absolute Gasteiger partial charge is 0.221 e. The molecular weight excluding hydrogens is 320 g/mol. The molecule has 2 aromatic rings. The van der Waals surface area contributed by atoms with Gasteiger partial charge in [0.2, 0.25) is 5.95 Å². The third kappa shape index (κ3) is 3.60. The van der Waals surface area contributed by atoms with Gasteiger partial charge in [0, 0.05) is 10.0 Å². The lowest BCUT2D eigenvalue weighted by Gasteiger charge is -2.08. The zero-order chi connectivity index (χ0) is 14.5. The van der Waals surface area contributed by atoms with Crippen LogP contribution in [0, 0.1) is 6.92 Å². The first-order chi connectivity index (χ1) is 9.60. The number of nitrogens with zero attached hydrogens (tertiary/aromatic N) is 3. The number of imidazole rings is 1. The van der Waals surface area contributed by atoms with Crippen LogP contribution in [0.25, 0.3) is 0 Å². The van der Waals surface area contributed by atoms with Crippen LogP contribution in [-0.2, 0) is 0 Å². The van der Waals surface area contributed by atoms with Crippen molar-refractivity contribution in [2.75, 3.05) is 12.3 Å². The lowest BCUT2D eigenvalue weighted by molar-refractivity contribution is 0.317. The van der Waals surface area contributed by atoms with Crippen LogP contribution in [0.3, 0.4) is 0 Å². The summed E-state index contributed by atoms with van der Waals surface area (Å²) < 4.78 is 8.23. The summed E-state index contributed by atoms with van der Waals surface area (Å²) in [6.07, 6.45) is 4.45. The van der Waals surface area contributed by atoms with Gasteiger partial charge in [0.25, 0.3) is 0 Å². The second-order valence-corrected chi connectivity index (χ2v) is 5.28. The predicted molar refractivity (Wildman–Crippen MR) is 84.3 cm³/mol. The molecular formula is C14H17BrN4O. The van der Waals surface area contributed by atoms with Crippen LogP contribution in [0.4, 0.5) is 5.95 Å². The van der Waals surface area contributed by atoms with Crippen molar-refractivity contribution in [2.24, 2.45) is 5.10 Å². The highest BCUT2D eigenvalue weighted by Gasteiger charge is 2.04. The molecule has 0 aliphatic carbocycles. The van der Waals surface area contributed by atoms with Gasteiger partial charge in [0.05, 0.1) is 24.7 Å². The van der Waals surface area contributed by atoms with Gasteiger partial charge in [0.15, 0.2) is 0 Å². The highest BCUT2D eigenvalue weighted by Crippen LogP contribution is 2.23. The van der Waals surface area contributed by atoms with Crippen molar-refractivity contribution < 1.29 is 4.74 Å². The summed E-state index contributed by atoms with van der Waals surface area (Å²) in [4.78, 5) is 4.10. The van der Waals surface area contributed by atoms with Crippen molar-refractivity contribution >= 4 is 28.1 Å². The Morgan fingerprint density at radius 1 is 1.50 bits per heavy atom. The highest BCUT2D eigenvalue weighted by atomic mass is 79.9. The molecule has 0 bridgehead atoms. The van der Waals surface area contributed by atoms with Crippen molar-refractivity contribution in [1.29, 1.82) is 0 Å². The number of anilines is 1. The number of aryl methyl sites for hydroxylation is 1. The van der Waals surface area contributed by atoms with Gasteiger partial charge in [-0.25, -0.2) is 9.66 Å². The molecule has 0 spiro atoms. The molecule has 0 unspecified atom stereocenters. The van der Waals surface area contributed by atoms with E-state index in [1.807, 2.05) is 25.1 Å². The van der Waals surface area contributed by atoms with Crippen LogP contribution in [0.15, 0.2) is 34.0 Å². The molecule has 0 saturated carbocycles. The number of aromatic nitrogens is 2.